The van der Waals surface area contributed by atoms with Gasteiger partial charge in [-0.05, 0) is 6.92 Å². The van der Waals surface area contributed by atoms with Crippen molar-refractivity contribution in [3.63, 3.8) is 0 Å². The molecule has 1 aliphatic rings. The van der Waals surface area contributed by atoms with Crippen LogP contribution < -0.4 is 10.6 Å². The topological polar surface area (TPSA) is 169 Å². The van der Waals surface area contributed by atoms with Gasteiger partial charge in [0, 0.05) is 27.4 Å². The van der Waals surface area contributed by atoms with Crippen molar-refractivity contribution in [2.45, 2.75) is 56.3 Å². The number of aliphatic hydroxyl groups excluding tert-OH is 4. The standard InChI is InChI=1S/C16H29N3O8/c1-8(21)18-12-9(22)5-16(2,15(26)17-6-11(24)19(3)4)27-14(12)13(25)10(23)7-20/h9-10,12-14,20,22-23,25H,5-7H2,1-4H3,(H,17,26)(H,18,21). The van der Waals surface area contributed by atoms with E-state index in [-0.39, 0.29) is 18.9 Å². The SMILES string of the molecule is CC(=O)NC1C(O)CC(C)(C(=O)NCC(=O)N(C)C)OC1C(O)C(O)CO. The molecule has 1 rings (SSSR count). The van der Waals surface area contributed by atoms with E-state index in [9.17, 15) is 29.7 Å². The minimum atomic E-state index is -1.68. The van der Waals surface area contributed by atoms with E-state index >= 15 is 0 Å². The number of likely N-dealkylation sites (N-methyl/N-ethyl adjacent to an activating group) is 1. The molecule has 0 aliphatic carbocycles. The van der Waals surface area contributed by atoms with Crippen molar-refractivity contribution in [3.8, 4) is 0 Å². The van der Waals surface area contributed by atoms with Crippen molar-refractivity contribution in [1.29, 1.82) is 0 Å². The Morgan fingerprint density at radius 1 is 1.30 bits per heavy atom. The molecule has 11 nitrogen and oxygen atoms in total. The lowest BCUT2D eigenvalue weighted by Crippen LogP contribution is -2.67. The lowest BCUT2D eigenvalue weighted by molar-refractivity contribution is -0.215. The van der Waals surface area contributed by atoms with E-state index in [0.717, 1.165) is 0 Å². The molecule has 6 unspecified atom stereocenters. The summed E-state index contributed by atoms with van der Waals surface area (Å²) in [6.07, 6.45) is -6.18. The zero-order valence-corrected chi connectivity index (χ0v) is 15.9. The Bertz CT molecular complexity index is 558. The maximum Gasteiger partial charge on any atom is 0.252 e. The number of rotatable bonds is 7. The Balaban J connectivity index is 3.02. The third-order valence-corrected chi connectivity index (χ3v) is 4.43. The van der Waals surface area contributed by atoms with Crippen LogP contribution in [-0.2, 0) is 19.1 Å². The largest absolute Gasteiger partial charge is 0.394 e. The lowest BCUT2D eigenvalue weighted by atomic mass is 9.84. The van der Waals surface area contributed by atoms with Crippen LogP contribution in [0.15, 0.2) is 0 Å². The number of nitrogens with zero attached hydrogens (tertiary/aromatic N) is 1. The van der Waals surface area contributed by atoms with Crippen molar-refractivity contribution in [1.82, 2.24) is 15.5 Å². The second kappa shape index (κ2) is 9.42. The van der Waals surface area contributed by atoms with Gasteiger partial charge in [-0.3, -0.25) is 14.4 Å². The fourth-order valence-corrected chi connectivity index (χ4v) is 2.84. The van der Waals surface area contributed by atoms with Gasteiger partial charge in [-0.15, -0.1) is 0 Å². The Hall–Kier alpha value is -1.79. The Labute approximate surface area is 157 Å². The number of hydrogen-bond acceptors (Lipinski definition) is 8. The van der Waals surface area contributed by atoms with Gasteiger partial charge in [0.1, 0.15) is 23.9 Å². The van der Waals surface area contributed by atoms with Crippen LogP contribution in [0.1, 0.15) is 20.3 Å². The third kappa shape index (κ3) is 5.84. The number of aliphatic hydroxyl groups is 4. The molecule has 1 heterocycles. The molecule has 0 spiro atoms. The van der Waals surface area contributed by atoms with Crippen LogP contribution in [0, 0.1) is 0 Å². The number of nitrogens with one attached hydrogen (secondary N) is 2. The van der Waals surface area contributed by atoms with Crippen LogP contribution in [0.25, 0.3) is 0 Å². The number of carbonyl (C=O) groups is 3. The first-order valence-electron chi connectivity index (χ1n) is 8.51. The molecule has 1 fully saturated rings. The summed E-state index contributed by atoms with van der Waals surface area (Å²) in [6, 6.07) is -1.11. The van der Waals surface area contributed by atoms with Gasteiger partial charge in [-0.2, -0.15) is 0 Å². The second-order valence-corrected chi connectivity index (χ2v) is 7.02. The normalized spacial score (nSPS) is 30.1. The third-order valence-electron chi connectivity index (χ3n) is 4.43. The summed E-state index contributed by atoms with van der Waals surface area (Å²) in [6.45, 7) is 1.49. The molecule has 0 aromatic carbocycles. The first-order chi connectivity index (χ1) is 12.4. The Morgan fingerprint density at radius 3 is 2.37 bits per heavy atom. The van der Waals surface area contributed by atoms with E-state index < -0.39 is 54.5 Å². The molecular weight excluding hydrogens is 362 g/mol. The van der Waals surface area contributed by atoms with Crippen molar-refractivity contribution in [2.75, 3.05) is 27.2 Å². The van der Waals surface area contributed by atoms with Crippen LogP contribution in [0.5, 0.6) is 0 Å². The fourth-order valence-electron chi connectivity index (χ4n) is 2.84. The van der Waals surface area contributed by atoms with Gasteiger partial charge in [-0.1, -0.05) is 0 Å². The predicted octanol–water partition coefficient (Wildman–Crippen LogP) is -3.68. The highest BCUT2D eigenvalue weighted by Gasteiger charge is 2.51. The average molecular weight is 391 g/mol. The van der Waals surface area contributed by atoms with Gasteiger partial charge in [-0.25, -0.2) is 0 Å². The van der Waals surface area contributed by atoms with Crippen molar-refractivity contribution in [2.24, 2.45) is 0 Å². The predicted molar refractivity (Wildman–Crippen MR) is 92.3 cm³/mol. The molecule has 0 aromatic rings. The van der Waals surface area contributed by atoms with Crippen LogP contribution in [0.2, 0.25) is 0 Å². The van der Waals surface area contributed by atoms with Gasteiger partial charge in [0.25, 0.3) is 5.91 Å². The van der Waals surface area contributed by atoms with Crippen molar-refractivity contribution in [3.05, 3.63) is 0 Å². The molecule has 6 N–H and O–H groups in total. The highest BCUT2D eigenvalue weighted by atomic mass is 16.5. The minimum absolute atomic E-state index is 0.224. The van der Waals surface area contributed by atoms with Gasteiger partial charge < -0.3 is 40.7 Å². The number of carbonyl (C=O) groups excluding carboxylic acids is 3. The maximum atomic E-state index is 12.5. The quantitative estimate of drug-likeness (QED) is 0.258. The first kappa shape index (κ1) is 23.2. The van der Waals surface area contributed by atoms with Gasteiger partial charge in [0.05, 0.1) is 25.3 Å². The van der Waals surface area contributed by atoms with Crippen LogP contribution in [0.4, 0.5) is 0 Å². The summed E-state index contributed by atoms with van der Waals surface area (Å²) in [5.74, 6) is -1.57. The smallest absolute Gasteiger partial charge is 0.252 e. The van der Waals surface area contributed by atoms with E-state index in [0.29, 0.717) is 0 Å². The summed E-state index contributed by atoms with van der Waals surface area (Å²) < 4.78 is 5.66. The molecule has 1 aliphatic heterocycles. The molecule has 11 heteroatoms. The van der Waals surface area contributed by atoms with Gasteiger partial charge >= 0.3 is 0 Å². The molecule has 0 saturated carbocycles. The summed E-state index contributed by atoms with van der Waals surface area (Å²) in [7, 11) is 3.05. The lowest BCUT2D eigenvalue weighted by Gasteiger charge is -2.46. The summed E-state index contributed by atoms with van der Waals surface area (Å²) in [5.41, 5.74) is -1.64. The second-order valence-electron chi connectivity index (χ2n) is 7.02. The van der Waals surface area contributed by atoms with Crippen molar-refractivity contribution < 1.29 is 39.5 Å². The maximum absolute atomic E-state index is 12.5. The monoisotopic (exact) mass is 391 g/mol. The number of ether oxygens (including phenoxy) is 1. The molecular formula is C16H29N3O8. The van der Waals surface area contributed by atoms with E-state index in [1.807, 2.05) is 0 Å². The Morgan fingerprint density at radius 2 is 1.89 bits per heavy atom. The highest BCUT2D eigenvalue weighted by Crippen LogP contribution is 2.32. The molecule has 0 aromatic heterocycles. The Kier molecular flexibility index (Phi) is 8.11. The van der Waals surface area contributed by atoms with Crippen LogP contribution in [-0.4, -0.2) is 106 Å². The van der Waals surface area contributed by atoms with Crippen LogP contribution in [0.3, 0.4) is 0 Å². The summed E-state index contributed by atoms with van der Waals surface area (Å²) >= 11 is 0. The molecule has 1 saturated heterocycles. The van der Waals surface area contributed by atoms with Gasteiger partial charge in [0.15, 0.2) is 0 Å². The summed E-state index contributed by atoms with van der Waals surface area (Å²) in [5, 5.41) is 44.3. The molecule has 0 radical (unpaired) electrons. The molecule has 156 valence electrons. The summed E-state index contributed by atoms with van der Waals surface area (Å²) in [4.78, 5) is 36.9. The van der Waals surface area contributed by atoms with E-state index in [1.165, 1.54) is 32.8 Å². The number of hydrogen-bond donors (Lipinski definition) is 6. The molecule has 0 bridgehead atoms. The van der Waals surface area contributed by atoms with Crippen molar-refractivity contribution >= 4 is 17.7 Å². The average Bonchev–Trinajstić information content (AvgIpc) is 2.59. The molecule has 27 heavy (non-hydrogen) atoms. The molecule has 3 amide bonds. The zero-order chi connectivity index (χ0) is 20.9. The van der Waals surface area contributed by atoms with Crippen LogP contribution >= 0.6 is 0 Å². The van der Waals surface area contributed by atoms with E-state index in [2.05, 4.69) is 10.6 Å². The fraction of sp³-hybridized carbons (Fsp3) is 0.812. The zero-order valence-electron chi connectivity index (χ0n) is 15.9. The van der Waals surface area contributed by atoms with Gasteiger partial charge in [0.2, 0.25) is 11.8 Å². The number of amides is 3. The molecule has 6 atom stereocenters. The highest BCUT2D eigenvalue weighted by molar-refractivity contribution is 5.89. The van der Waals surface area contributed by atoms with E-state index in [4.69, 9.17) is 9.84 Å². The first-order valence-corrected chi connectivity index (χ1v) is 8.51. The minimum Gasteiger partial charge on any atom is -0.394 e. The van der Waals surface area contributed by atoms with E-state index in [1.54, 1.807) is 0 Å².